The van der Waals surface area contributed by atoms with Crippen LogP contribution < -0.4 is 11.1 Å². The molecule has 1 aromatic rings. The van der Waals surface area contributed by atoms with Crippen LogP contribution in [-0.4, -0.2) is 23.0 Å². The van der Waals surface area contributed by atoms with Crippen molar-refractivity contribution in [3.8, 4) is 0 Å². The van der Waals surface area contributed by atoms with Crippen molar-refractivity contribution in [3.63, 3.8) is 0 Å². The summed E-state index contributed by atoms with van der Waals surface area (Å²) < 4.78 is 12.8. The van der Waals surface area contributed by atoms with Crippen molar-refractivity contribution >= 4 is 5.91 Å². The monoisotopic (exact) mass is 225 g/mol. The van der Waals surface area contributed by atoms with Gasteiger partial charge in [0.2, 0.25) is 0 Å². The van der Waals surface area contributed by atoms with E-state index >= 15 is 0 Å². The highest BCUT2D eigenvalue weighted by Crippen LogP contribution is 2.02. The molecule has 0 saturated heterocycles. The first-order valence-corrected chi connectivity index (χ1v) is 5.16. The van der Waals surface area contributed by atoms with Crippen LogP contribution in [0, 0.1) is 5.82 Å². The number of halogens is 1. The molecule has 2 atom stereocenters. The lowest BCUT2D eigenvalue weighted by Gasteiger charge is -2.15. The van der Waals surface area contributed by atoms with Gasteiger partial charge in [0.15, 0.2) is 0 Å². The third kappa shape index (κ3) is 3.94. The Morgan fingerprint density at radius 2 is 2.25 bits per heavy atom. The van der Waals surface area contributed by atoms with Gasteiger partial charge in [-0.15, -0.1) is 0 Å². The third-order valence-corrected chi connectivity index (χ3v) is 2.07. The molecule has 0 aliphatic carbocycles. The molecular weight excluding hydrogens is 209 g/mol. The highest BCUT2D eigenvalue weighted by Gasteiger charge is 2.11. The number of nitrogens with one attached hydrogen (secondary N) is 1. The fourth-order valence-electron chi connectivity index (χ4n) is 1.46. The Hall–Kier alpha value is -1.49. The number of hydrogen-bond acceptors (Lipinski definition) is 3. The minimum Gasteiger partial charge on any atom is -0.349 e. The fraction of sp³-hybridized carbons (Fsp3) is 0.455. The maximum absolute atomic E-state index is 12.8. The molecule has 0 aliphatic rings. The highest BCUT2D eigenvalue weighted by atomic mass is 19.1. The maximum Gasteiger partial charge on any atom is 0.253 e. The van der Waals surface area contributed by atoms with Crippen LogP contribution >= 0.6 is 0 Å². The summed E-state index contributed by atoms with van der Waals surface area (Å²) in [6.07, 6.45) is 3.06. The minimum atomic E-state index is -0.521. The van der Waals surface area contributed by atoms with Crippen molar-refractivity contribution in [1.29, 1.82) is 0 Å². The summed E-state index contributed by atoms with van der Waals surface area (Å²) in [7, 11) is 0. The smallest absolute Gasteiger partial charge is 0.253 e. The van der Waals surface area contributed by atoms with Gasteiger partial charge >= 0.3 is 0 Å². The molecule has 0 fully saturated rings. The van der Waals surface area contributed by atoms with Crippen molar-refractivity contribution in [3.05, 3.63) is 29.8 Å². The number of pyridine rings is 1. The molecule has 2 unspecified atom stereocenters. The molecule has 4 nitrogen and oxygen atoms in total. The van der Waals surface area contributed by atoms with E-state index in [1.54, 1.807) is 0 Å². The number of aromatic nitrogens is 1. The molecule has 1 aromatic heterocycles. The second-order valence-corrected chi connectivity index (χ2v) is 3.98. The number of nitrogens with zero attached hydrogens (tertiary/aromatic N) is 1. The van der Waals surface area contributed by atoms with Gasteiger partial charge in [-0.05, 0) is 26.3 Å². The van der Waals surface area contributed by atoms with E-state index in [2.05, 4.69) is 10.3 Å². The first-order chi connectivity index (χ1) is 7.49. The lowest BCUT2D eigenvalue weighted by Crippen LogP contribution is -2.36. The molecule has 5 heteroatoms. The zero-order valence-corrected chi connectivity index (χ0v) is 9.40. The number of hydrogen-bond donors (Lipinski definition) is 2. The molecular formula is C11H16FN3O. The van der Waals surface area contributed by atoms with Crippen LogP contribution in [0.25, 0.3) is 0 Å². The van der Waals surface area contributed by atoms with Gasteiger partial charge < -0.3 is 11.1 Å². The van der Waals surface area contributed by atoms with Gasteiger partial charge in [-0.3, -0.25) is 9.78 Å². The summed E-state index contributed by atoms with van der Waals surface area (Å²) in [4.78, 5) is 15.2. The van der Waals surface area contributed by atoms with E-state index in [0.29, 0.717) is 6.42 Å². The first kappa shape index (κ1) is 12.6. The molecule has 3 N–H and O–H groups in total. The predicted molar refractivity (Wildman–Crippen MR) is 59.4 cm³/mol. The van der Waals surface area contributed by atoms with E-state index in [1.165, 1.54) is 6.20 Å². The molecule has 16 heavy (non-hydrogen) atoms. The summed E-state index contributed by atoms with van der Waals surface area (Å²) in [5.41, 5.74) is 5.83. The molecule has 0 radical (unpaired) electrons. The van der Waals surface area contributed by atoms with Crippen LogP contribution in [0.15, 0.2) is 18.5 Å². The van der Waals surface area contributed by atoms with Crippen LogP contribution in [0.1, 0.15) is 30.6 Å². The van der Waals surface area contributed by atoms with E-state index < -0.39 is 5.82 Å². The van der Waals surface area contributed by atoms with E-state index in [9.17, 15) is 9.18 Å². The lowest BCUT2D eigenvalue weighted by molar-refractivity contribution is 0.0936. The highest BCUT2D eigenvalue weighted by molar-refractivity contribution is 5.94. The van der Waals surface area contributed by atoms with Gasteiger partial charge in [0.1, 0.15) is 5.82 Å². The Kier molecular flexibility index (Phi) is 4.37. The average molecular weight is 225 g/mol. The third-order valence-electron chi connectivity index (χ3n) is 2.07. The number of nitrogens with two attached hydrogens (primary N) is 1. The number of carbonyl (C=O) groups is 1. The molecule has 0 aliphatic heterocycles. The lowest BCUT2D eigenvalue weighted by atomic mass is 10.1. The number of rotatable bonds is 4. The standard InChI is InChI=1S/C11H16FN3O/c1-7(13)3-8(2)15-11(16)9-4-10(12)6-14-5-9/h4-8H,3,13H2,1-2H3,(H,15,16). The summed E-state index contributed by atoms with van der Waals surface area (Å²) in [6.45, 7) is 3.72. The minimum absolute atomic E-state index is 0.0148. The van der Waals surface area contributed by atoms with Crippen molar-refractivity contribution in [2.45, 2.75) is 32.4 Å². The van der Waals surface area contributed by atoms with Gasteiger partial charge in [0.05, 0.1) is 11.8 Å². The zero-order valence-electron chi connectivity index (χ0n) is 9.40. The first-order valence-electron chi connectivity index (χ1n) is 5.16. The Bertz CT molecular complexity index is 368. The van der Waals surface area contributed by atoms with Crippen molar-refractivity contribution in [2.75, 3.05) is 0 Å². The Balaban J connectivity index is 2.59. The van der Waals surface area contributed by atoms with E-state index in [4.69, 9.17) is 5.73 Å². The Labute approximate surface area is 94.1 Å². The molecule has 0 saturated carbocycles. The van der Waals surface area contributed by atoms with Gasteiger partial charge in [-0.1, -0.05) is 0 Å². The molecule has 0 aromatic carbocycles. The van der Waals surface area contributed by atoms with Gasteiger partial charge in [0.25, 0.3) is 5.91 Å². The molecule has 1 amide bonds. The molecule has 0 spiro atoms. The SMILES string of the molecule is CC(N)CC(C)NC(=O)c1cncc(F)c1. The van der Waals surface area contributed by atoms with Gasteiger partial charge in [-0.2, -0.15) is 0 Å². The zero-order chi connectivity index (χ0) is 12.1. The van der Waals surface area contributed by atoms with Crippen LogP contribution in [0.5, 0.6) is 0 Å². The van der Waals surface area contributed by atoms with Crippen LogP contribution in [0.2, 0.25) is 0 Å². The quantitative estimate of drug-likeness (QED) is 0.805. The Morgan fingerprint density at radius 1 is 1.56 bits per heavy atom. The fourth-order valence-corrected chi connectivity index (χ4v) is 1.46. The van der Waals surface area contributed by atoms with Crippen molar-refractivity contribution < 1.29 is 9.18 Å². The van der Waals surface area contributed by atoms with E-state index in [0.717, 1.165) is 12.3 Å². The van der Waals surface area contributed by atoms with E-state index in [-0.39, 0.29) is 23.6 Å². The second kappa shape index (κ2) is 5.55. The van der Waals surface area contributed by atoms with Crippen LogP contribution in [0.3, 0.4) is 0 Å². The van der Waals surface area contributed by atoms with Crippen LogP contribution in [0.4, 0.5) is 4.39 Å². The van der Waals surface area contributed by atoms with E-state index in [1.807, 2.05) is 13.8 Å². The summed E-state index contributed by atoms with van der Waals surface area (Å²) in [6, 6.07) is 1.12. The summed E-state index contributed by atoms with van der Waals surface area (Å²) in [5, 5.41) is 2.73. The molecule has 1 rings (SSSR count). The normalized spacial score (nSPS) is 14.2. The topological polar surface area (TPSA) is 68.0 Å². The second-order valence-electron chi connectivity index (χ2n) is 3.98. The summed E-state index contributed by atoms with van der Waals surface area (Å²) in [5.74, 6) is -0.854. The average Bonchev–Trinajstić information content (AvgIpc) is 2.16. The molecule has 88 valence electrons. The van der Waals surface area contributed by atoms with Crippen molar-refractivity contribution in [1.82, 2.24) is 10.3 Å². The largest absolute Gasteiger partial charge is 0.349 e. The Morgan fingerprint density at radius 3 is 2.81 bits per heavy atom. The number of carbonyl (C=O) groups excluding carboxylic acids is 1. The molecule has 1 heterocycles. The number of amides is 1. The van der Waals surface area contributed by atoms with Gasteiger partial charge in [-0.25, -0.2) is 4.39 Å². The molecule has 0 bridgehead atoms. The van der Waals surface area contributed by atoms with Gasteiger partial charge in [0, 0.05) is 18.3 Å². The maximum atomic E-state index is 12.8. The summed E-state index contributed by atoms with van der Waals surface area (Å²) >= 11 is 0. The van der Waals surface area contributed by atoms with Crippen LogP contribution in [-0.2, 0) is 0 Å². The van der Waals surface area contributed by atoms with Crippen molar-refractivity contribution in [2.24, 2.45) is 5.73 Å². The predicted octanol–water partition coefficient (Wildman–Crippen LogP) is 1.08.